The summed E-state index contributed by atoms with van der Waals surface area (Å²) in [7, 11) is 0. The van der Waals surface area contributed by atoms with Crippen molar-refractivity contribution in [2.75, 3.05) is 37.7 Å². The lowest BCUT2D eigenvalue weighted by molar-refractivity contribution is 0.235. The predicted octanol–water partition coefficient (Wildman–Crippen LogP) is 3.48. The highest BCUT2D eigenvalue weighted by atomic mass is 19.2. The van der Waals surface area contributed by atoms with E-state index in [-0.39, 0.29) is 11.9 Å². The van der Waals surface area contributed by atoms with Gasteiger partial charge in [-0.3, -0.25) is 0 Å². The molecule has 1 unspecified atom stereocenters. The van der Waals surface area contributed by atoms with Gasteiger partial charge in [-0.05, 0) is 49.1 Å². The summed E-state index contributed by atoms with van der Waals surface area (Å²) >= 11 is 0. The quantitative estimate of drug-likeness (QED) is 0.713. The highest BCUT2D eigenvalue weighted by Gasteiger charge is 2.23. The summed E-state index contributed by atoms with van der Waals surface area (Å²) < 4.78 is 32.0. The maximum absolute atomic E-state index is 13.4. The van der Waals surface area contributed by atoms with E-state index in [9.17, 15) is 13.6 Å². The van der Waals surface area contributed by atoms with Crippen LogP contribution in [0.5, 0.6) is 5.75 Å². The molecule has 0 aliphatic carbocycles. The third-order valence-electron chi connectivity index (χ3n) is 4.75. The van der Waals surface area contributed by atoms with Crippen molar-refractivity contribution in [2.24, 2.45) is 5.92 Å². The van der Waals surface area contributed by atoms with Gasteiger partial charge in [0.1, 0.15) is 12.4 Å². The second kappa shape index (κ2) is 9.39. The zero-order valence-electron chi connectivity index (χ0n) is 15.9. The Bertz CT molecular complexity index is 816. The molecule has 0 bridgehead atoms. The molecule has 0 aromatic heterocycles. The van der Waals surface area contributed by atoms with Crippen LogP contribution in [-0.4, -0.2) is 38.8 Å². The highest BCUT2D eigenvalue weighted by molar-refractivity contribution is 5.73. The SMILES string of the molecule is Cc1cccc(OCCNC(=O)NCC2CCN(c3ccc(F)c(F)c3)C2)c1. The van der Waals surface area contributed by atoms with Gasteiger partial charge in [-0.2, -0.15) is 0 Å². The number of nitrogens with one attached hydrogen (secondary N) is 2. The van der Waals surface area contributed by atoms with E-state index in [1.165, 1.54) is 6.07 Å². The molecular weight excluding hydrogens is 364 g/mol. The molecule has 1 aliphatic heterocycles. The molecule has 1 fully saturated rings. The molecule has 2 aromatic carbocycles. The van der Waals surface area contributed by atoms with Gasteiger partial charge in [0.15, 0.2) is 11.6 Å². The van der Waals surface area contributed by atoms with Crippen LogP contribution in [0.4, 0.5) is 19.3 Å². The second-order valence-electron chi connectivity index (χ2n) is 7.00. The zero-order valence-corrected chi connectivity index (χ0v) is 15.9. The van der Waals surface area contributed by atoms with Crippen LogP contribution in [-0.2, 0) is 0 Å². The summed E-state index contributed by atoms with van der Waals surface area (Å²) in [4.78, 5) is 13.9. The summed E-state index contributed by atoms with van der Waals surface area (Å²) in [5.74, 6) is -0.636. The van der Waals surface area contributed by atoms with Crippen LogP contribution in [0.25, 0.3) is 0 Å². The maximum Gasteiger partial charge on any atom is 0.314 e. The number of anilines is 1. The van der Waals surface area contributed by atoms with E-state index in [1.807, 2.05) is 36.1 Å². The zero-order chi connectivity index (χ0) is 19.9. The molecular formula is C21H25F2N3O2. The van der Waals surface area contributed by atoms with Gasteiger partial charge in [0, 0.05) is 31.4 Å². The molecule has 28 heavy (non-hydrogen) atoms. The smallest absolute Gasteiger partial charge is 0.314 e. The minimum atomic E-state index is -0.843. The first-order valence-electron chi connectivity index (χ1n) is 9.42. The van der Waals surface area contributed by atoms with Crippen molar-refractivity contribution in [3.05, 3.63) is 59.7 Å². The van der Waals surface area contributed by atoms with Gasteiger partial charge < -0.3 is 20.3 Å². The summed E-state index contributed by atoms with van der Waals surface area (Å²) in [5, 5.41) is 5.63. The lowest BCUT2D eigenvalue weighted by atomic mass is 10.1. The summed E-state index contributed by atoms with van der Waals surface area (Å²) in [6.07, 6.45) is 0.885. The van der Waals surface area contributed by atoms with Gasteiger partial charge in [0.25, 0.3) is 0 Å². The Morgan fingerprint density at radius 1 is 1.18 bits per heavy atom. The number of hydrogen-bond donors (Lipinski definition) is 2. The molecule has 0 radical (unpaired) electrons. The Labute approximate surface area is 163 Å². The molecule has 150 valence electrons. The second-order valence-corrected chi connectivity index (χ2v) is 7.00. The minimum absolute atomic E-state index is 0.237. The first-order valence-corrected chi connectivity index (χ1v) is 9.42. The molecule has 2 amide bonds. The van der Waals surface area contributed by atoms with E-state index in [0.717, 1.165) is 30.3 Å². The number of amides is 2. The fraction of sp³-hybridized carbons (Fsp3) is 0.381. The van der Waals surface area contributed by atoms with Crippen LogP contribution in [0.2, 0.25) is 0 Å². The van der Waals surface area contributed by atoms with Crippen LogP contribution < -0.4 is 20.3 Å². The van der Waals surface area contributed by atoms with Crippen LogP contribution >= 0.6 is 0 Å². The van der Waals surface area contributed by atoms with E-state index in [1.54, 1.807) is 6.07 Å². The number of carbonyl (C=O) groups excluding carboxylic acids is 1. The molecule has 1 atom stereocenters. The van der Waals surface area contributed by atoms with Crippen LogP contribution in [0, 0.1) is 24.5 Å². The van der Waals surface area contributed by atoms with Crippen molar-refractivity contribution >= 4 is 11.7 Å². The minimum Gasteiger partial charge on any atom is -0.492 e. The summed E-state index contributed by atoms with van der Waals surface area (Å²) in [6.45, 7) is 4.78. The number of benzene rings is 2. The van der Waals surface area contributed by atoms with E-state index < -0.39 is 11.6 Å². The van der Waals surface area contributed by atoms with Gasteiger partial charge >= 0.3 is 6.03 Å². The highest BCUT2D eigenvalue weighted by Crippen LogP contribution is 2.24. The van der Waals surface area contributed by atoms with Crippen LogP contribution in [0.1, 0.15) is 12.0 Å². The number of nitrogens with zero attached hydrogens (tertiary/aromatic N) is 1. The molecule has 7 heteroatoms. The van der Waals surface area contributed by atoms with Crippen LogP contribution in [0.3, 0.4) is 0 Å². The van der Waals surface area contributed by atoms with Gasteiger partial charge in [0.2, 0.25) is 0 Å². The molecule has 2 N–H and O–H groups in total. The first-order chi connectivity index (χ1) is 13.5. The van der Waals surface area contributed by atoms with Crippen molar-refractivity contribution in [1.82, 2.24) is 10.6 Å². The Balaban J connectivity index is 1.33. The average Bonchev–Trinajstić information content (AvgIpc) is 3.15. The van der Waals surface area contributed by atoms with E-state index in [0.29, 0.717) is 31.9 Å². The van der Waals surface area contributed by atoms with Crippen molar-refractivity contribution in [3.8, 4) is 5.75 Å². The molecule has 0 saturated carbocycles. The number of urea groups is 1. The Kier molecular flexibility index (Phi) is 6.68. The molecule has 2 aromatic rings. The van der Waals surface area contributed by atoms with Crippen LogP contribution in [0.15, 0.2) is 42.5 Å². The Morgan fingerprint density at radius 2 is 2.04 bits per heavy atom. The molecule has 0 spiro atoms. The van der Waals surface area contributed by atoms with Gasteiger partial charge in [-0.15, -0.1) is 0 Å². The van der Waals surface area contributed by atoms with E-state index in [2.05, 4.69) is 10.6 Å². The Hall–Kier alpha value is -2.83. The third-order valence-corrected chi connectivity index (χ3v) is 4.75. The third kappa shape index (κ3) is 5.58. The van der Waals surface area contributed by atoms with E-state index >= 15 is 0 Å². The normalized spacial score (nSPS) is 16.1. The lowest BCUT2D eigenvalue weighted by Crippen LogP contribution is -2.40. The largest absolute Gasteiger partial charge is 0.492 e. The summed E-state index contributed by atoms with van der Waals surface area (Å²) in [6, 6.07) is 11.4. The van der Waals surface area contributed by atoms with Gasteiger partial charge in [-0.1, -0.05) is 12.1 Å². The van der Waals surface area contributed by atoms with Crippen molar-refractivity contribution in [3.63, 3.8) is 0 Å². The lowest BCUT2D eigenvalue weighted by Gasteiger charge is -2.19. The number of rotatable bonds is 7. The molecule has 1 heterocycles. The number of aryl methyl sites for hydroxylation is 1. The van der Waals surface area contributed by atoms with Gasteiger partial charge in [0.05, 0.1) is 6.54 Å². The molecule has 1 saturated heterocycles. The number of ether oxygens (including phenoxy) is 1. The van der Waals surface area contributed by atoms with Crippen molar-refractivity contribution in [2.45, 2.75) is 13.3 Å². The number of halogens is 2. The first kappa shape index (κ1) is 19.9. The molecule has 1 aliphatic rings. The number of carbonyl (C=O) groups is 1. The fourth-order valence-corrected chi connectivity index (χ4v) is 3.25. The number of hydrogen-bond acceptors (Lipinski definition) is 3. The van der Waals surface area contributed by atoms with E-state index in [4.69, 9.17) is 4.74 Å². The standard InChI is InChI=1S/C21H25F2N3O2/c1-15-3-2-4-18(11-15)28-10-8-24-21(27)25-13-16-7-9-26(14-16)17-5-6-19(22)20(23)12-17/h2-6,11-12,16H,7-10,13-14H2,1H3,(H2,24,25,27). The fourth-order valence-electron chi connectivity index (χ4n) is 3.25. The maximum atomic E-state index is 13.4. The Morgan fingerprint density at radius 3 is 2.82 bits per heavy atom. The van der Waals surface area contributed by atoms with Gasteiger partial charge in [-0.25, -0.2) is 13.6 Å². The molecule has 3 rings (SSSR count). The average molecular weight is 389 g/mol. The molecule has 5 nitrogen and oxygen atoms in total. The predicted molar refractivity (Wildman–Crippen MR) is 105 cm³/mol. The topological polar surface area (TPSA) is 53.6 Å². The summed E-state index contributed by atoms with van der Waals surface area (Å²) in [5.41, 5.74) is 1.79. The van der Waals surface area contributed by atoms with Crippen molar-refractivity contribution < 1.29 is 18.3 Å². The van der Waals surface area contributed by atoms with Crippen molar-refractivity contribution in [1.29, 1.82) is 0 Å². The monoisotopic (exact) mass is 389 g/mol.